The van der Waals surface area contributed by atoms with Gasteiger partial charge in [0.2, 0.25) is 12.3 Å². The van der Waals surface area contributed by atoms with Crippen LogP contribution in [0.25, 0.3) is 11.3 Å². The third-order valence-electron chi connectivity index (χ3n) is 5.70. The highest BCUT2D eigenvalue weighted by Crippen LogP contribution is 2.39. The molecule has 5 heteroatoms. The Bertz CT molecular complexity index is 841. The minimum absolute atomic E-state index is 0.263. The summed E-state index contributed by atoms with van der Waals surface area (Å²) in [5.41, 5.74) is 6.86. The predicted octanol–water partition coefficient (Wildman–Crippen LogP) is 4.56. The quantitative estimate of drug-likeness (QED) is 0.671. The van der Waals surface area contributed by atoms with Crippen LogP contribution in [-0.2, 0) is 16.1 Å². The standard InChI is InChI=1S/C23H29N3O2.C2H6/c1-5-7-22(23(28)24-15-27)26-14-21-19(17(26)4)8-6-9-20(21)18-10-12-25(13-11-18)16(2)3;1-2/h6,8-10,15,22H,2,4-5,7,11-14H2,1,3H3,(H,24,27,28);1-2H3. The van der Waals surface area contributed by atoms with Gasteiger partial charge < -0.3 is 9.80 Å². The minimum atomic E-state index is -0.387. The van der Waals surface area contributed by atoms with Crippen molar-refractivity contribution in [2.75, 3.05) is 13.1 Å². The van der Waals surface area contributed by atoms with Crippen LogP contribution in [0.5, 0.6) is 0 Å². The number of imide groups is 1. The number of hydrogen-bond acceptors (Lipinski definition) is 4. The Labute approximate surface area is 181 Å². The van der Waals surface area contributed by atoms with Crippen molar-refractivity contribution in [1.82, 2.24) is 15.1 Å². The van der Waals surface area contributed by atoms with Crippen molar-refractivity contribution >= 4 is 23.6 Å². The maximum atomic E-state index is 12.5. The fourth-order valence-electron chi connectivity index (χ4n) is 4.16. The van der Waals surface area contributed by atoms with Crippen molar-refractivity contribution in [3.05, 3.63) is 59.8 Å². The lowest BCUT2D eigenvalue weighted by atomic mass is 9.92. The van der Waals surface area contributed by atoms with Crippen LogP contribution >= 0.6 is 0 Å². The first-order valence-electron chi connectivity index (χ1n) is 10.9. The average molecular weight is 410 g/mol. The summed E-state index contributed by atoms with van der Waals surface area (Å²) in [6.07, 6.45) is 5.24. The van der Waals surface area contributed by atoms with E-state index in [0.29, 0.717) is 19.4 Å². The highest BCUT2D eigenvalue weighted by Gasteiger charge is 2.33. The number of allylic oxidation sites excluding steroid dienone is 1. The van der Waals surface area contributed by atoms with Crippen molar-refractivity contribution < 1.29 is 9.59 Å². The third kappa shape index (κ3) is 4.84. The molecule has 1 aromatic rings. The Morgan fingerprint density at radius 1 is 1.30 bits per heavy atom. The number of benzene rings is 1. The summed E-state index contributed by atoms with van der Waals surface area (Å²) in [6, 6.07) is 5.92. The lowest BCUT2D eigenvalue weighted by Gasteiger charge is -2.29. The molecule has 1 aromatic carbocycles. The van der Waals surface area contributed by atoms with Gasteiger partial charge in [-0.25, -0.2) is 0 Å². The highest BCUT2D eigenvalue weighted by atomic mass is 16.2. The van der Waals surface area contributed by atoms with Gasteiger partial charge in [0, 0.05) is 36.6 Å². The monoisotopic (exact) mass is 409 g/mol. The van der Waals surface area contributed by atoms with Gasteiger partial charge >= 0.3 is 0 Å². The first-order chi connectivity index (χ1) is 14.5. The number of nitrogens with one attached hydrogen (secondary N) is 1. The molecule has 0 saturated heterocycles. The molecule has 1 atom stereocenters. The van der Waals surface area contributed by atoms with Crippen molar-refractivity contribution in [2.45, 2.75) is 59.5 Å². The van der Waals surface area contributed by atoms with Gasteiger partial charge in [-0.15, -0.1) is 0 Å². The number of fused-ring (bicyclic) bond motifs is 1. The van der Waals surface area contributed by atoms with Gasteiger partial charge in [0.15, 0.2) is 0 Å². The molecule has 2 aliphatic heterocycles. The van der Waals surface area contributed by atoms with Crippen LogP contribution in [0.15, 0.2) is 43.1 Å². The Balaban J connectivity index is 0.00000155. The molecule has 5 nitrogen and oxygen atoms in total. The van der Waals surface area contributed by atoms with E-state index >= 15 is 0 Å². The zero-order valence-electron chi connectivity index (χ0n) is 18.8. The first kappa shape index (κ1) is 23.5. The van der Waals surface area contributed by atoms with Gasteiger partial charge in [0.05, 0.1) is 0 Å². The molecular weight excluding hydrogens is 374 g/mol. The lowest BCUT2D eigenvalue weighted by Crippen LogP contribution is -2.43. The van der Waals surface area contributed by atoms with E-state index in [2.05, 4.69) is 47.6 Å². The lowest BCUT2D eigenvalue weighted by molar-refractivity contribution is -0.128. The molecule has 162 valence electrons. The molecule has 0 aliphatic carbocycles. The second-order valence-corrected chi connectivity index (χ2v) is 7.50. The molecule has 2 amide bonds. The number of nitrogens with zero attached hydrogens (tertiary/aromatic N) is 2. The maximum absolute atomic E-state index is 12.5. The van der Waals surface area contributed by atoms with Crippen molar-refractivity contribution in [3.63, 3.8) is 0 Å². The molecule has 0 bridgehead atoms. The summed E-state index contributed by atoms with van der Waals surface area (Å²) in [5.74, 6) is -0.263. The molecule has 0 saturated carbocycles. The van der Waals surface area contributed by atoms with Crippen LogP contribution in [0.2, 0.25) is 0 Å². The fraction of sp³-hybridized carbons (Fsp3) is 0.440. The minimum Gasteiger partial charge on any atom is -0.371 e. The van der Waals surface area contributed by atoms with E-state index in [1.165, 1.54) is 16.7 Å². The van der Waals surface area contributed by atoms with Crippen molar-refractivity contribution in [1.29, 1.82) is 0 Å². The molecule has 2 heterocycles. The molecule has 2 aliphatic rings. The smallest absolute Gasteiger partial charge is 0.249 e. The zero-order valence-corrected chi connectivity index (χ0v) is 18.8. The Kier molecular flexibility index (Phi) is 8.46. The number of carbonyl (C=O) groups excluding carboxylic acids is 2. The van der Waals surface area contributed by atoms with Crippen LogP contribution < -0.4 is 5.32 Å². The van der Waals surface area contributed by atoms with Crippen LogP contribution in [0, 0.1) is 0 Å². The summed E-state index contributed by atoms with van der Waals surface area (Å²) in [5, 5.41) is 2.32. The van der Waals surface area contributed by atoms with Gasteiger partial charge in [-0.3, -0.25) is 14.9 Å². The third-order valence-corrected chi connectivity index (χ3v) is 5.70. The van der Waals surface area contributed by atoms with E-state index in [4.69, 9.17) is 0 Å². The summed E-state index contributed by atoms with van der Waals surface area (Å²) in [6.45, 7) is 18.9. The van der Waals surface area contributed by atoms with E-state index < -0.39 is 0 Å². The van der Waals surface area contributed by atoms with Crippen LogP contribution in [-0.4, -0.2) is 41.2 Å². The summed E-state index contributed by atoms with van der Waals surface area (Å²) in [7, 11) is 0. The zero-order chi connectivity index (χ0) is 22.3. The normalized spacial score (nSPS) is 16.1. The summed E-state index contributed by atoms with van der Waals surface area (Å²) >= 11 is 0. The molecule has 1 unspecified atom stereocenters. The van der Waals surface area contributed by atoms with E-state index in [0.717, 1.165) is 42.9 Å². The molecule has 30 heavy (non-hydrogen) atoms. The van der Waals surface area contributed by atoms with Gasteiger partial charge in [-0.1, -0.05) is 64.6 Å². The SMILES string of the molecule is C=C(C)N1CC=C(c2cccc3c2CN(C(CCC)C(=O)NC=O)C3=C)CC1.CC. The molecule has 0 fully saturated rings. The molecule has 0 radical (unpaired) electrons. The van der Waals surface area contributed by atoms with Crippen LogP contribution in [0.3, 0.4) is 0 Å². The Hall–Kier alpha value is -2.82. The summed E-state index contributed by atoms with van der Waals surface area (Å²) < 4.78 is 0. The number of carbonyl (C=O) groups is 2. The maximum Gasteiger partial charge on any atom is 0.249 e. The second kappa shape index (κ2) is 10.8. The van der Waals surface area contributed by atoms with Gasteiger partial charge in [0.25, 0.3) is 0 Å². The fourth-order valence-corrected chi connectivity index (χ4v) is 4.16. The van der Waals surface area contributed by atoms with E-state index in [9.17, 15) is 9.59 Å². The molecule has 0 spiro atoms. The molecule has 0 aromatic heterocycles. The van der Waals surface area contributed by atoms with Gasteiger partial charge in [-0.2, -0.15) is 0 Å². The number of rotatable bonds is 7. The van der Waals surface area contributed by atoms with Gasteiger partial charge in [-0.05, 0) is 36.5 Å². The summed E-state index contributed by atoms with van der Waals surface area (Å²) in [4.78, 5) is 27.6. The molecular formula is C25H35N3O2. The second-order valence-electron chi connectivity index (χ2n) is 7.50. The molecule has 1 N–H and O–H groups in total. The Morgan fingerprint density at radius 3 is 2.57 bits per heavy atom. The van der Waals surface area contributed by atoms with E-state index in [1.807, 2.05) is 32.6 Å². The molecule has 3 rings (SSSR count). The highest BCUT2D eigenvalue weighted by molar-refractivity contribution is 5.92. The van der Waals surface area contributed by atoms with Crippen LogP contribution in [0.4, 0.5) is 0 Å². The van der Waals surface area contributed by atoms with Crippen molar-refractivity contribution in [2.24, 2.45) is 0 Å². The largest absolute Gasteiger partial charge is 0.371 e. The predicted molar refractivity (Wildman–Crippen MR) is 124 cm³/mol. The van der Waals surface area contributed by atoms with Gasteiger partial charge in [0.1, 0.15) is 6.04 Å². The van der Waals surface area contributed by atoms with Crippen LogP contribution in [0.1, 0.15) is 63.6 Å². The number of amides is 2. The number of hydrogen-bond donors (Lipinski definition) is 1. The Morgan fingerprint density at radius 2 is 2.00 bits per heavy atom. The topological polar surface area (TPSA) is 52.6 Å². The van der Waals surface area contributed by atoms with E-state index in [1.54, 1.807) is 0 Å². The average Bonchev–Trinajstić information content (AvgIpc) is 3.10. The first-order valence-corrected chi connectivity index (χ1v) is 10.9. The van der Waals surface area contributed by atoms with Crippen molar-refractivity contribution in [3.8, 4) is 0 Å². The van der Waals surface area contributed by atoms with E-state index in [-0.39, 0.29) is 11.9 Å².